The van der Waals surface area contributed by atoms with Crippen LogP contribution in [-0.2, 0) is 14.3 Å². The molecule has 0 saturated heterocycles. The monoisotopic (exact) mass is 441 g/mol. The molecule has 166 valence electrons. The molecule has 1 unspecified atom stereocenters. The molecular formula is C24H31N3O3S. The van der Waals surface area contributed by atoms with Gasteiger partial charge in [-0.05, 0) is 44.6 Å². The van der Waals surface area contributed by atoms with Gasteiger partial charge in [-0.3, -0.25) is 4.79 Å². The van der Waals surface area contributed by atoms with E-state index in [1.807, 2.05) is 68.3 Å². The van der Waals surface area contributed by atoms with Gasteiger partial charge in [0.25, 0.3) is 0 Å². The largest absolute Gasteiger partial charge is 0.456 e. The number of nitrogens with one attached hydrogen (secondary N) is 1. The van der Waals surface area contributed by atoms with Crippen LogP contribution in [0.4, 0.5) is 0 Å². The van der Waals surface area contributed by atoms with Crippen LogP contribution in [-0.4, -0.2) is 34.1 Å². The molecule has 0 fully saturated rings. The molecular weight excluding hydrogens is 410 g/mol. The summed E-state index contributed by atoms with van der Waals surface area (Å²) in [6, 6.07) is 9.42. The predicted molar refractivity (Wildman–Crippen MR) is 125 cm³/mol. The minimum atomic E-state index is -0.620. The average molecular weight is 442 g/mol. The lowest BCUT2D eigenvalue weighted by Gasteiger charge is -2.37. The number of rotatable bonds is 6. The Bertz CT molecular complexity index is 943. The van der Waals surface area contributed by atoms with Crippen molar-refractivity contribution in [2.75, 3.05) is 6.54 Å². The Kier molecular flexibility index (Phi) is 6.94. The Balaban J connectivity index is 1.97. The molecule has 0 aromatic heterocycles. The molecule has 1 amide bonds. The summed E-state index contributed by atoms with van der Waals surface area (Å²) in [7, 11) is 0. The number of ether oxygens (including phenoxy) is 1. The zero-order valence-corrected chi connectivity index (χ0v) is 19.9. The molecule has 3 rings (SSSR count). The van der Waals surface area contributed by atoms with Crippen LogP contribution in [0.15, 0.2) is 57.7 Å². The fourth-order valence-corrected chi connectivity index (χ4v) is 4.42. The van der Waals surface area contributed by atoms with E-state index in [9.17, 15) is 9.59 Å². The minimum absolute atomic E-state index is 0.0429. The highest BCUT2D eigenvalue weighted by Gasteiger charge is 2.41. The standard InChI is InChI=1S/C24H31N3O3S/c1-15(2)13-25-19(28)12-18-14-31-23-26-16(3)20(22(29)30-24(4,5)6)21(27(18)23)17-10-8-7-9-11-17/h7-11,14-15,21H,12-13H2,1-6H3,(H,25,28). The number of thioether (sulfide) groups is 1. The molecule has 2 heterocycles. The van der Waals surface area contributed by atoms with Crippen LogP contribution in [0.5, 0.6) is 0 Å². The summed E-state index contributed by atoms with van der Waals surface area (Å²) in [5, 5.41) is 5.70. The first-order chi connectivity index (χ1) is 14.6. The molecule has 31 heavy (non-hydrogen) atoms. The van der Waals surface area contributed by atoms with Crippen LogP contribution in [0.2, 0.25) is 0 Å². The van der Waals surface area contributed by atoms with E-state index in [1.165, 1.54) is 11.8 Å². The Morgan fingerprint density at radius 1 is 1.23 bits per heavy atom. The molecule has 7 heteroatoms. The lowest BCUT2D eigenvalue weighted by atomic mass is 9.93. The van der Waals surface area contributed by atoms with Gasteiger partial charge in [0.2, 0.25) is 5.91 Å². The van der Waals surface area contributed by atoms with Crippen LogP contribution >= 0.6 is 11.8 Å². The number of nitrogens with zero attached hydrogens (tertiary/aromatic N) is 2. The van der Waals surface area contributed by atoms with Gasteiger partial charge in [-0.25, -0.2) is 9.79 Å². The van der Waals surface area contributed by atoms with Gasteiger partial charge in [0.1, 0.15) is 5.60 Å². The summed E-state index contributed by atoms with van der Waals surface area (Å²) in [5.74, 6) is -0.0507. The van der Waals surface area contributed by atoms with Gasteiger partial charge in [-0.1, -0.05) is 55.9 Å². The Hall–Kier alpha value is -2.54. The van der Waals surface area contributed by atoms with Crippen LogP contribution in [0.3, 0.4) is 0 Å². The number of aliphatic imine (C=N–C) groups is 1. The SMILES string of the molecule is CC1=C(C(=O)OC(C)(C)C)C(c2ccccc2)N2C(CC(=O)NCC(C)C)=CSC2=N1. The summed E-state index contributed by atoms with van der Waals surface area (Å²) >= 11 is 1.48. The summed E-state index contributed by atoms with van der Waals surface area (Å²) in [4.78, 5) is 32.5. The number of amides is 1. The smallest absolute Gasteiger partial charge is 0.338 e. The minimum Gasteiger partial charge on any atom is -0.456 e. The predicted octanol–water partition coefficient (Wildman–Crippen LogP) is 4.77. The van der Waals surface area contributed by atoms with Gasteiger partial charge in [-0.15, -0.1) is 0 Å². The average Bonchev–Trinajstić information content (AvgIpc) is 3.06. The third-order valence-electron chi connectivity index (χ3n) is 4.78. The Labute approximate surface area is 188 Å². The number of amidine groups is 1. The first kappa shape index (κ1) is 23.1. The van der Waals surface area contributed by atoms with Crippen LogP contribution < -0.4 is 5.32 Å². The number of fused-ring (bicyclic) bond motifs is 1. The highest BCUT2D eigenvalue weighted by Crippen LogP contribution is 2.45. The van der Waals surface area contributed by atoms with E-state index in [-0.39, 0.29) is 18.3 Å². The Morgan fingerprint density at radius 2 is 1.90 bits per heavy atom. The van der Waals surface area contributed by atoms with E-state index in [2.05, 4.69) is 24.2 Å². The number of carbonyl (C=O) groups is 2. The summed E-state index contributed by atoms with van der Waals surface area (Å²) in [6.45, 7) is 12.2. The molecule has 0 aliphatic carbocycles. The fraction of sp³-hybridized carbons (Fsp3) is 0.458. The normalized spacial score (nSPS) is 18.5. The molecule has 0 bridgehead atoms. The van der Waals surface area contributed by atoms with Crippen molar-refractivity contribution in [2.45, 2.75) is 59.6 Å². The number of benzene rings is 1. The third-order valence-corrected chi connectivity index (χ3v) is 5.67. The fourth-order valence-electron chi connectivity index (χ4n) is 3.46. The zero-order valence-electron chi connectivity index (χ0n) is 19.1. The number of hydrogen-bond acceptors (Lipinski definition) is 6. The van der Waals surface area contributed by atoms with Gasteiger partial charge in [0.15, 0.2) is 5.17 Å². The molecule has 1 N–H and O–H groups in total. The second kappa shape index (κ2) is 9.30. The molecule has 1 aromatic carbocycles. The van der Waals surface area contributed by atoms with Gasteiger partial charge in [0.05, 0.1) is 23.7 Å². The van der Waals surface area contributed by atoms with Crippen molar-refractivity contribution in [1.82, 2.24) is 10.2 Å². The van der Waals surface area contributed by atoms with Gasteiger partial charge in [0, 0.05) is 12.2 Å². The number of carbonyl (C=O) groups excluding carboxylic acids is 2. The Morgan fingerprint density at radius 3 is 2.52 bits per heavy atom. The van der Waals surface area contributed by atoms with Gasteiger partial charge in [-0.2, -0.15) is 0 Å². The molecule has 0 saturated carbocycles. The molecule has 2 aliphatic heterocycles. The quantitative estimate of drug-likeness (QED) is 0.644. The van der Waals surface area contributed by atoms with E-state index >= 15 is 0 Å². The topological polar surface area (TPSA) is 71.0 Å². The van der Waals surface area contributed by atoms with E-state index in [0.29, 0.717) is 23.7 Å². The summed E-state index contributed by atoms with van der Waals surface area (Å²) in [6.07, 6.45) is 0.225. The first-order valence-corrected chi connectivity index (χ1v) is 11.4. The van der Waals surface area contributed by atoms with Crippen molar-refractivity contribution in [2.24, 2.45) is 10.9 Å². The van der Waals surface area contributed by atoms with E-state index in [4.69, 9.17) is 4.74 Å². The van der Waals surface area contributed by atoms with Crippen molar-refractivity contribution in [3.63, 3.8) is 0 Å². The lowest BCUT2D eigenvalue weighted by Crippen LogP contribution is -2.39. The number of allylic oxidation sites excluding steroid dienone is 1. The van der Waals surface area contributed by atoms with Crippen LogP contribution in [0.1, 0.15) is 59.6 Å². The van der Waals surface area contributed by atoms with Crippen LogP contribution in [0.25, 0.3) is 0 Å². The van der Waals surface area contributed by atoms with Crippen molar-refractivity contribution >= 4 is 28.8 Å². The third kappa shape index (κ3) is 5.58. The second-order valence-corrected chi connectivity index (χ2v) is 10.0. The maximum Gasteiger partial charge on any atom is 0.338 e. The molecule has 2 aliphatic rings. The highest BCUT2D eigenvalue weighted by molar-refractivity contribution is 8.16. The maximum atomic E-state index is 13.2. The van der Waals surface area contributed by atoms with Crippen molar-refractivity contribution < 1.29 is 14.3 Å². The lowest BCUT2D eigenvalue weighted by molar-refractivity contribution is -0.150. The number of esters is 1. The molecule has 6 nitrogen and oxygen atoms in total. The molecule has 0 spiro atoms. The molecule has 1 aromatic rings. The summed E-state index contributed by atoms with van der Waals surface area (Å²) in [5.41, 5.74) is 2.30. The van der Waals surface area contributed by atoms with E-state index in [1.54, 1.807) is 0 Å². The van der Waals surface area contributed by atoms with Crippen LogP contribution in [0, 0.1) is 5.92 Å². The van der Waals surface area contributed by atoms with Gasteiger partial charge < -0.3 is 15.0 Å². The van der Waals surface area contributed by atoms with Gasteiger partial charge >= 0.3 is 5.97 Å². The highest BCUT2D eigenvalue weighted by atomic mass is 32.2. The first-order valence-electron chi connectivity index (χ1n) is 10.6. The number of hydrogen-bond donors (Lipinski definition) is 1. The van der Waals surface area contributed by atoms with E-state index in [0.717, 1.165) is 16.4 Å². The van der Waals surface area contributed by atoms with Crippen molar-refractivity contribution in [1.29, 1.82) is 0 Å². The molecule has 0 radical (unpaired) electrons. The zero-order chi connectivity index (χ0) is 22.8. The summed E-state index contributed by atoms with van der Waals surface area (Å²) < 4.78 is 5.73. The molecule has 1 atom stereocenters. The maximum absolute atomic E-state index is 13.2. The second-order valence-electron chi connectivity index (χ2n) is 9.18. The van der Waals surface area contributed by atoms with Crippen molar-refractivity contribution in [3.8, 4) is 0 Å². The van der Waals surface area contributed by atoms with Crippen molar-refractivity contribution in [3.05, 3.63) is 58.3 Å². The van der Waals surface area contributed by atoms with E-state index < -0.39 is 11.6 Å².